The molecule has 4 heteroatoms. The number of aromatic amines is 1. The first-order chi connectivity index (χ1) is 12.1. The Bertz CT molecular complexity index is 1060. The molecule has 0 aliphatic rings. The van der Waals surface area contributed by atoms with Crippen molar-refractivity contribution in [3.8, 4) is 11.3 Å². The van der Waals surface area contributed by atoms with Crippen LogP contribution in [-0.4, -0.2) is 9.97 Å². The Morgan fingerprint density at radius 3 is 2.64 bits per heavy atom. The maximum absolute atomic E-state index is 6.29. The summed E-state index contributed by atoms with van der Waals surface area (Å²) in [5.41, 5.74) is 4.12. The van der Waals surface area contributed by atoms with E-state index in [1.165, 1.54) is 10.8 Å². The second-order valence-corrected chi connectivity index (χ2v) is 6.94. The Balaban J connectivity index is 1.77. The number of halogens is 2. The number of nitrogens with zero attached hydrogens (tertiary/aromatic N) is 1. The van der Waals surface area contributed by atoms with E-state index in [4.69, 9.17) is 28.2 Å². The van der Waals surface area contributed by atoms with E-state index in [0.717, 1.165) is 28.3 Å². The molecule has 0 amide bonds. The summed E-state index contributed by atoms with van der Waals surface area (Å²) in [6, 6.07) is 20.2. The highest BCUT2D eigenvalue weighted by Crippen LogP contribution is 2.30. The van der Waals surface area contributed by atoms with Gasteiger partial charge in [0.05, 0.1) is 5.69 Å². The highest BCUT2D eigenvalue weighted by molar-refractivity contribution is 6.33. The number of aryl methyl sites for hydroxylation is 1. The molecule has 0 spiro atoms. The van der Waals surface area contributed by atoms with Crippen LogP contribution in [0.2, 0.25) is 10.0 Å². The summed E-state index contributed by atoms with van der Waals surface area (Å²) < 4.78 is 0. The SMILES string of the molecule is Cc1[nH]c(Cc2cc(Cl)ccc2Cl)nc1-c1cccc2ccccc12. The van der Waals surface area contributed by atoms with Crippen LogP contribution in [0.5, 0.6) is 0 Å². The average molecular weight is 367 g/mol. The summed E-state index contributed by atoms with van der Waals surface area (Å²) >= 11 is 12.4. The van der Waals surface area contributed by atoms with Gasteiger partial charge in [-0.2, -0.15) is 0 Å². The molecule has 0 saturated carbocycles. The quantitative estimate of drug-likeness (QED) is 0.444. The van der Waals surface area contributed by atoms with Gasteiger partial charge in [0, 0.05) is 27.7 Å². The van der Waals surface area contributed by atoms with Crippen molar-refractivity contribution >= 4 is 34.0 Å². The zero-order valence-electron chi connectivity index (χ0n) is 13.7. The number of hydrogen-bond acceptors (Lipinski definition) is 1. The summed E-state index contributed by atoms with van der Waals surface area (Å²) in [4.78, 5) is 8.23. The topological polar surface area (TPSA) is 28.7 Å². The Morgan fingerprint density at radius 1 is 0.960 bits per heavy atom. The molecule has 4 aromatic rings. The number of imidazole rings is 1. The average Bonchev–Trinajstić information content (AvgIpc) is 2.98. The number of benzene rings is 3. The van der Waals surface area contributed by atoms with Crippen LogP contribution in [0.3, 0.4) is 0 Å². The van der Waals surface area contributed by atoms with Gasteiger partial charge in [-0.25, -0.2) is 4.98 Å². The lowest BCUT2D eigenvalue weighted by atomic mass is 10.0. The summed E-state index contributed by atoms with van der Waals surface area (Å²) in [7, 11) is 0. The zero-order chi connectivity index (χ0) is 17.4. The van der Waals surface area contributed by atoms with Crippen molar-refractivity contribution in [2.24, 2.45) is 0 Å². The molecule has 0 aliphatic carbocycles. The van der Waals surface area contributed by atoms with Gasteiger partial charge in [-0.3, -0.25) is 0 Å². The van der Waals surface area contributed by atoms with Gasteiger partial charge in [0.15, 0.2) is 0 Å². The largest absolute Gasteiger partial charge is 0.345 e. The Kier molecular flexibility index (Phi) is 4.24. The third-order valence-corrected chi connectivity index (χ3v) is 4.95. The summed E-state index contributed by atoms with van der Waals surface area (Å²) in [6.07, 6.45) is 0.616. The van der Waals surface area contributed by atoms with Crippen LogP contribution >= 0.6 is 23.2 Å². The lowest BCUT2D eigenvalue weighted by Crippen LogP contribution is -1.92. The molecule has 1 heterocycles. The molecule has 3 aromatic carbocycles. The molecule has 0 unspecified atom stereocenters. The van der Waals surface area contributed by atoms with E-state index >= 15 is 0 Å². The van der Waals surface area contributed by atoms with E-state index in [1.807, 2.05) is 19.1 Å². The molecule has 0 saturated heterocycles. The first-order valence-electron chi connectivity index (χ1n) is 8.09. The molecule has 0 bridgehead atoms. The van der Waals surface area contributed by atoms with E-state index in [2.05, 4.69) is 47.4 Å². The fourth-order valence-electron chi connectivity index (χ4n) is 3.16. The van der Waals surface area contributed by atoms with Crippen molar-refractivity contribution in [3.63, 3.8) is 0 Å². The molecule has 2 nitrogen and oxygen atoms in total. The van der Waals surface area contributed by atoms with Gasteiger partial charge in [-0.1, -0.05) is 65.7 Å². The van der Waals surface area contributed by atoms with Gasteiger partial charge in [-0.15, -0.1) is 0 Å². The Morgan fingerprint density at radius 2 is 1.76 bits per heavy atom. The second kappa shape index (κ2) is 6.55. The first-order valence-corrected chi connectivity index (χ1v) is 8.85. The third-order valence-electron chi connectivity index (χ3n) is 4.34. The highest BCUT2D eigenvalue weighted by Gasteiger charge is 2.13. The standard InChI is InChI=1S/C21H16Cl2N2/c1-13-21(18-8-4-6-14-5-2-3-7-17(14)18)25-20(24-13)12-15-11-16(22)9-10-19(15)23/h2-11H,12H2,1H3,(H,24,25). The summed E-state index contributed by atoms with van der Waals surface area (Å²) in [5.74, 6) is 0.879. The van der Waals surface area contributed by atoms with Crippen molar-refractivity contribution in [1.29, 1.82) is 0 Å². The van der Waals surface area contributed by atoms with Crippen molar-refractivity contribution in [3.05, 3.63) is 87.8 Å². The van der Waals surface area contributed by atoms with E-state index in [9.17, 15) is 0 Å². The maximum atomic E-state index is 6.29. The van der Waals surface area contributed by atoms with Crippen LogP contribution < -0.4 is 0 Å². The number of nitrogens with one attached hydrogen (secondary N) is 1. The van der Waals surface area contributed by atoms with Gasteiger partial charge in [0.2, 0.25) is 0 Å². The molecule has 0 radical (unpaired) electrons. The van der Waals surface area contributed by atoms with Crippen molar-refractivity contribution in [1.82, 2.24) is 9.97 Å². The van der Waals surface area contributed by atoms with E-state index in [0.29, 0.717) is 16.5 Å². The molecular weight excluding hydrogens is 351 g/mol. The molecule has 0 fully saturated rings. The Hall–Kier alpha value is -2.29. The number of fused-ring (bicyclic) bond motifs is 1. The zero-order valence-corrected chi connectivity index (χ0v) is 15.2. The van der Waals surface area contributed by atoms with Crippen LogP contribution in [0.1, 0.15) is 17.1 Å². The van der Waals surface area contributed by atoms with E-state index in [-0.39, 0.29) is 0 Å². The number of aromatic nitrogens is 2. The number of rotatable bonds is 3. The second-order valence-electron chi connectivity index (χ2n) is 6.10. The molecule has 124 valence electrons. The minimum atomic E-state index is 0.616. The smallest absolute Gasteiger partial charge is 0.111 e. The predicted molar refractivity (Wildman–Crippen MR) is 106 cm³/mol. The van der Waals surface area contributed by atoms with Crippen LogP contribution in [0.15, 0.2) is 60.7 Å². The molecule has 25 heavy (non-hydrogen) atoms. The van der Waals surface area contributed by atoms with Crippen LogP contribution in [0.25, 0.3) is 22.0 Å². The van der Waals surface area contributed by atoms with E-state index in [1.54, 1.807) is 6.07 Å². The fraction of sp³-hybridized carbons (Fsp3) is 0.0952. The Labute approximate surface area is 156 Å². The van der Waals surface area contributed by atoms with Gasteiger partial charge < -0.3 is 4.98 Å². The summed E-state index contributed by atoms with van der Waals surface area (Å²) in [5, 5.41) is 3.79. The van der Waals surface area contributed by atoms with Crippen molar-refractivity contribution < 1.29 is 0 Å². The van der Waals surface area contributed by atoms with Gasteiger partial charge in [0.1, 0.15) is 5.82 Å². The van der Waals surface area contributed by atoms with Crippen LogP contribution in [0, 0.1) is 6.92 Å². The van der Waals surface area contributed by atoms with Gasteiger partial charge in [-0.05, 0) is 41.5 Å². The lowest BCUT2D eigenvalue weighted by Gasteiger charge is -2.05. The van der Waals surface area contributed by atoms with Gasteiger partial charge >= 0.3 is 0 Å². The monoisotopic (exact) mass is 366 g/mol. The fourth-order valence-corrected chi connectivity index (χ4v) is 3.54. The molecule has 0 atom stereocenters. The summed E-state index contributed by atoms with van der Waals surface area (Å²) in [6.45, 7) is 2.05. The first kappa shape index (κ1) is 16.2. The van der Waals surface area contributed by atoms with Crippen LogP contribution in [0.4, 0.5) is 0 Å². The molecule has 0 aliphatic heterocycles. The molecule has 4 rings (SSSR count). The van der Waals surface area contributed by atoms with Crippen molar-refractivity contribution in [2.45, 2.75) is 13.3 Å². The molecular formula is C21H16Cl2N2. The number of hydrogen-bond donors (Lipinski definition) is 1. The lowest BCUT2D eigenvalue weighted by molar-refractivity contribution is 1.02. The normalized spacial score (nSPS) is 11.2. The predicted octanol–water partition coefficient (Wildman–Crippen LogP) is 6.44. The molecule has 1 aromatic heterocycles. The minimum absolute atomic E-state index is 0.616. The number of H-pyrrole nitrogens is 1. The molecule has 1 N–H and O–H groups in total. The van der Waals surface area contributed by atoms with Crippen molar-refractivity contribution in [2.75, 3.05) is 0 Å². The third kappa shape index (κ3) is 3.15. The minimum Gasteiger partial charge on any atom is -0.345 e. The maximum Gasteiger partial charge on any atom is 0.111 e. The highest BCUT2D eigenvalue weighted by atomic mass is 35.5. The van der Waals surface area contributed by atoms with Crippen LogP contribution in [-0.2, 0) is 6.42 Å². The van der Waals surface area contributed by atoms with Gasteiger partial charge in [0.25, 0.3) is 0 Å². The van der Waals surface area contributed by atoms with E-state index < -0.39 is 0 Å².